The first-order valence-corrected chi connectivity index (χ1v) is 14.8. The molecule has 0 aromatic heterocycles. The second kappa shape index (κ2) is 14.5. The van der Waals surface area contributed by atoms with E-state index in [1.807, 2.05) is 13.8 Å². The van der Waals surface area contributed by atoms with Crippen LogP contribution in [0.15, 0.2) is 83.8 Å². The minimum Gasteiger partial charge on any atom is -0.494 e. The van der Waals surface area contributed by atoms with Crippen molar-refractivity contribution in [3.05, 3.63) is 90.2 Å². The molecule has 40 heavy (non-hydrogen) atoms. The molecule has 0 bridgehead atoms. The molecular weight excluding hydrogens is 533 g/mol. The van der Waals surface area contributed by atoms with Crippen molar-refractivity contribution in [1.82, 2.24) is 10.2 Å². The Morgan fingerprint density at radius 2 is 1.57 bits per heavy atom. The van der Waals surface area contributed by atoms with Gasteiger partial charge in [0.15, 0.2) is 0 Å². The zero-order valence-corrected chi connectivity index (χ0v) is 23.9. The van der Waals surface area contributed by atoms with Gasteiger partial charge in [0.25, 0.3) is 10.0 Å². The number of carbonyl (C=O) groups excluding carboxylic acids is 2. The van der Waals surface area contributed by atoms with Crippen molar-refractivity contribution in [1.29, 1.82) is 0 Å². The Labute approximate surface area is 235 Å². The van der Waals surface area contributed by atoms with E-state index in [1.165, 1.54) is 41.3 Å². The Morgan fingerprint density at radius 3 is 2.15 bits per heavy atom. The maximum atomic E-state index is 13.9. The van der Waals surface area contributed by atoms with Gasteiger partial charge in [0, 0.05) is 13.1 Å². The van der Waals surface area contributed by atoms with Crippen molar-refractivity contribution in [2.75, 3.05) is 24.0 Å². The molecule has 214 valence electrons. The zero-order valence-electron chi connectivity index (χ0n) is 23.0. The molecule has 3 rings (SSSR count). The van der Waals surface area contributed by atoms with E-state index in [0.29, 0.717) is 36.6 Å². The first-order valence-electron chi connectivity index (χ1n) is 13.3. The highest BCUT2D eigenvalue weighted by molar-refractivity contribution is 7.92. The number of amides is 2. The van der Waals surface area contributed by atoms with Crippen LogP contribution in [0.5, 0.6) is 5.75 Å². The summed E-state index contributed by atoms with van der Waals surface area (Å²) in [5, 5.41) is 2.83. The van der Waals surface area contributed by atoms with Crippen molar-refractivity contribution in [3.8, 4) is 5.75 Å². The van der Waals surface area contributed by atoms with Gasteiger partial charge in [-0.05, 0) is 73.9 Å². The van der Waals surface area contributed by atoms with E-state index in [0.717, 1.165) is 10.7 Å². The highest BCUT2D eigenvalue weighted by Crippen LogP contribution is 2.26. The number of halogens is 1. The molecule has 1 atom stereocenters. The Morgan fingerprint density at radius 1 is 0.925 bits per heavy atom. The fraction of sp³-hybridized carbons (Fsp3) is 0.333. The minimum atomic E-state index is -4.18. The number of nitrogens with zero attached hydrogens (tertiary/aromatic N) is 2. The largest absolute Gasteiger partial charge is 0.494 e. The standard InChI is InChI=1S/C30H36FN3O5S/c1-4-20-32-30(36)28(5-2)33(21-23-12-14-24(31)15-13-23)29(35)22-34(25-10-8-7-9-11-25)40(37,38)27-18-16-26(17-19-27)39-6-3/h7-19,28H,4-6,20-22H2,1-3H3,(H,32,36). The molecule has 8 nitrogen and oxygen atoms in total. The fourth-order valence-corrected chi connectivity index (χ4v) is 5.61. The molecule has 0 radical (unpaired) electrons. The van der Waals surface area contributed by atoms with E-state index in [9.17, 15) is 22.4 Å². The first-order chi connectivity index (χ1) is 19.2. The molecule has 10 heteroatoms. The number of ether oxygens (including phenoxy) is 1. The molecule has 0 saturated heterocycles. The van der Waals surface area contributed by atoms with Crippen LogP contribution in [0.2, 0.25) is 0 Å². The third kappa shape index (κ3) is 7.81. The number of nitrogens with one attached hydrogen (secondary N) is 1. The average Bonchev–Trinajstić information content (AvgIpc) is 2.96. The number of hydrogen-bond acceptors (Lipinski definition) is 5. The summed E-state index contributed by atoms with van der Waals surface area (Å²) in [4.78, 5) is 28.4. The normalized spacial score (nSPS) is 11.9. The van der Waals surface area contributed by atoms with Crippen LogP contribution in [0.4, 0.5) is 10.1 Å². The number of carbonyl (C=O) groups is 2. The average molecular weight is 570 g/mol. The summed E-state index contributed by atoms with van der Waals surface area (Å²) < 4.78 is 47.8. The van der Waals surface area contributed by atoms with Gasteiger partial charge in [0.05, 0.1) is 17.2 Å². The van der Waals surface area contributed by atoms with E-state index in [1.54, 1.807) is 49.4 Å². The Hall–Kier alpha value is -3.92. The molecule has 2 amide bonds. The molecule has 0 aliphatic heterocycles. The van der Waals surface area contributed by atoms with Gasteiger partial charge in [0.2, 0.25) is 11.8 Å². The summed E-state index contributed by atoms with van der Waals surface area (Å²) >= 11 is 0. The number of anilines is 1. The first kappa shape index (κ1) is 30.6. The van der Waals surface area contributed by atoms with Crippen LogP contribution in [0, 0.1) is 5.82 Å². The van der Waals surface area contributed by atoms with Crippen LogP contribution in [0.3, 0.4) is 0 Å². The lowest BCUT2D eigenvalue weighted by Crippen LogP contribution is -2.52. The third-order valence-electron chi connectivity index (χ3n) is 6.25. The molecule has 1 N–H and O–H groups in total. The summed E-state index contributed by atoms with van der Waals surface area (Å²) in [6.07, 6.45) is 1.02. The Kier molecular flexibility index (Phi) is 11.1. The second-order valence-electron chi connectivity index (χ2n) is 9.11. The molecule has 0 aliphatic rings. The quantitative estimate of drug-likeness (QED) is 0.302. The van der Waals surface area contributed by atoms with Gasteiger partial charge < -0.3 is 15.0 Å². The van der Waals surface area contributed by atoms with E-state index >= 15 is 0 Å². The van der Waals surface area contributed by atoms with Crippen molar-refractivity contribution in [2.24, 2.45) is 0 Å². The maximum absolute atomic E-state index is 13.9. The lowest BCUT2D eigenvalue weighted by Gasteiger charge is -2.33. The molecule has 3 aromatic carbocycles. The van der Waals surface area contributed by atoms with Crippen molar-refractivity contribution >= 4 is 27.5 Å². The van der Waals surface area contributed by atoms with Gasteiger partial charge in [-0.2, -0.15) is 0 Å². The molecular formula is C30H36FN3O5S. The maximum Gasteiger partial charge on any atom is 0.264 e. The molecule has 0 aliphatic carbocycles. The van der Waals surface area contributed by atoms with Crippen molar-refractivity contribution < 1.29 is 27.1 Å². The van der Waals surface area contributed by atoms with Crippen molar-refractivity contribution in [2.45, 2.75) is 51.1 Å². The lowest BCUT2D eigenvalue weighted by atomic mass is 10.1. The van der Waals surface area contributed by atoms with E-state index < -0.39 is 34.3 Å². The van der Waals surface area contributed by atoms with Crippen LogP contribution >= 0.6 is 0 Å². The summed E-state index contributed by atoms with van der Waals surface area (Å²) in [5.74, 6) is -0.800. The van der Waals surface area contributed by atoms with E-state index in [4.69, 9.17) is 4.74 Å². The number of benzene rings is 3. The van der Waals surface area contributed by atoms with E-state index in [-0.39, 0.29) is 17.3 Å². The Balaban J connectivity index is 2.01. The van der Waals surface area contributed by atoms with Crippen LogP contribution < -0.4 is 14.4 Å². The summed E-state index contributed by atoms with van der Waals surface area (Å²) in [7, 11) is -4.18. The monoisotopic (exact) mass is 569 g/mol. The molecule has 3 aromatic rings. The van der Waals surface area contributed by atoms with Gasteiger partial charge in [-0.25, -0.2) is 12.8 Å². The molecule has 1 unspecified atom stereocenters. The van der Waals surface area contributed by atoms with Gasteiger partial charge in [-0.15, -0.1) is 0 Å². The SMILES string of the molecule is CCCNC(=O)C(CC)N(Cc1ccc(F)cc1)C(=O)CN(c1ccccc1)S(=O)(=O)c1ccc(OCC)cc1. The third-order valence-corrected chi connectivity index (χ3v) is 8.04. The molecule has 0 fully saturated rings. The van der Waals surface area contributed by atoms with Gasteiger partial charge in [0.1, 0.15) is 24.2 Å². The van der Waals surface area contributed by atoms with Crippen LogP contribution in [-0.4, -0.2) is 50.9 Å². The fourth-order valence-electron chi connectivity index (χ4n) is 4.20. The molecule has 0 heterocycles. The smallest absolute Gasteiger partial charge is 0.264 e. The van der Waals surface area contributed by atoms with Gasteiger partial charge >= 0.3 is 0 Å². The minimum absolute atomic E-state index is 0.00287. The van der Waals surface area contributed by atoms with Gasteiger partial charge in [-0.1, -0.05) is 44.2 Å². The highest BCUT2D eigenvalue weighted by Gasteiger charge is 2.33. The summed E-state index contributed by atoms with van der Waals surface area (Å²) in [6.45, 7) is 5.87. The zero-order chi connectivity index (χ0) is 29.1. The van der Waals surface area contributed by atoms with Crippen LogP contribution in [0.1, 0.15) is 39.2 Å². The summed E-state index contributed by atoms with van der Waals surface area (Å²) in [6, 6.07) is 19.1. The van der Waals surface area contributed by atoms with Crippen molar-refractivity contribution in [3.63, 3.8) is 0 Å². The molecule has 0 saturated carbocycles. The number of rotatable bonds is 14. The number of para-hydroxylation sites is 1. The van der Waals surface area contributed by atoms with Gasteiger partial charge in [-0.3, -0.25) is 13.9 Å². The predicted molar refractivity (Wildman–Crippen MR) is 153 cm³/mol. The van der Waals surface area contributed by atoms with Crippen LogP contribution in [0.25, 0.3) is 0 Å². The lowest BCUT2D eigenvalue weighted by molar-refractivity contribution is -0.140. The molecule has 0 spiro atoms. The second-order valence-corrected chi connectivity index (χ2v) is 11.0. The Bertz CT molecular complexity index is 1350. The topological polar surface area (TPSA) is 96.0 Å². The van der Waals surface area contributed by atoms with E-state index in [2.05, 4.69) is 5.32 Å². The highest BCUT2D eigenvalue weighted by atomic mass is 32.2. The number of hydrogen-bond donors (Lipinski definition) is 1. The predicted octanol–water partition coefficient (Wildman–Crippen LogP) is 4.75. The van der Waals surface area contributed by atoms with Crippen LogP contribution in [-0.2, 0) is 26.2 Å². The summed E-state index contributed by atoms with van der Waals surface area (Å²) in [5.41, 5.74) is 0.909. The number of sulfonamides is 1.